The minimum Gasteiger partial charge on any atom is -0.381 e. The van der Waals surface area contributed by atoms with Crippen LogP contribution in [0.5, 0.6) is 0 Å². The van der Waals surface area contributed by atoms with Gasteiger partial charge in [-0.15, -0.1) is 0 Å². The van der Waals surface area contributed by atoms with Crippen LogP contribution in [0, 0.1) is 5.92 Å². The van der Waals surface area contributed by atoms with E-state index in [0.29, 0.717) is 5.92 Å². The Morgan fingerprint density at radius 1 is 1.21 bits per heavy atom. The van der Waals surface area contributed by atoms with Crippen LogP contribution < -0.4 is 0 Å². The van der Waals surface area contributed by atoms with Crippen molar-refractivity contribution in [3.63, 3.8) is 0 Å². The van der Waals surface area contributed by atoms with Crippen LogP contribution in [0.1, 0.15) is 19.4 Å². The van der Waals surface area contributed by atoms with Crippen molar-refractivity contribution in [2.45, 2.75) is 20.3 Å². The summed E-state index contributed by atoms with van der Waals surface area (Å²) in [6.45, 7) is 5.94. The standard InChI is InChI=1S/C12H17ClO/c1-10(2)9-14-8-7-11-3-5-12(13)6-4-11/h3-6,10H,7-9H2,1-2H3. The van der Waals surface area contributed by atoms with Crippen molar-refractivity contribution >= 4 is 11.6 Å². The molecule has 0 heterocycles. The molecular weight excluding hydrogens is 196 g/mol. The Bertz CT molecular complexity index is 254. The van der Waals surface area contributed by atoms with Crippen molar-refractivity contribution in [3.8, 4) is 0 Å². The van der Waals surface area contributed by atoms with Gasteiger partial charge in [0.25, 0.3) is 0 Å². The summed E-state index contributed by atoms with van der Waals surface area (Å²) in [7, 11) is 0. The van der Waals surface area contributed by atoms with E-state index in [1.54, 1.807) is 0 Å². The van der Waals surface area contributed by atoms with Gasteiger partial charge in [-0.1, -0.05) is 37.6 Å². The molecule has 0 aliphatic heterocycles. The van der Waals surface area contributed by atoms with Gasteiger partial charge < -0.3 is 4.74 Å². The monoisotopic (exact) mass is 212 g/mol. The second kappa shape index (κ2) is 6.05. The first kappa shape index (κ1) is 11.5. The normalized spacial score (nSPS) is 10.9. The summed E-state index contributed by atoms with van der Waals surface area (Å²) in [5, 5.41) is 0.789. The first-order valence-electron chi connectivity index (χ1n) is 5.00. The zero-order chi connectivity index (χ0) is 10.4. The van der Waals surface area contributed by atoms with Crippen molar-refractivity contribution < 1.29 is 4.74 Å². The van der Waals surface area contributed by atoms with E-state index < -0.39 is 0 Å². The molecule has 0 aromatic heterocycles. The van der Waals surface area contributed by atoms with Crippen LogP contribution in [0.2, 0.25) is 5.02 Å². The molecule has 0 aliphatic carbocycles. The largest absolute Gasteiger partial charge is 0.381 e. The Balaban J connectivity index is 2.21. The second-order valence-electron chi connectivity index (χ2n) is 3.85. The van der Waals surface area contributed by atoms with E-state index in [2.05, 4.69) is 13.8 Å². The highest BCUT2D eigenvalue weighted by Gasteiger charge is 1.95. The zero-order valence-electron chi connectivity index (χ0n) is 8.79. The van der Waals surface area contributed by atoms with Crippen molar-refractivity contribution in [2.75, 3.05) is 13.2 Å². The lowest BCUT2D eigenvalue weighted by molar-refractivity contribution is 0.112. The summed E-state index contributed by atoms with van der Waals surface area (Å²) < 4.78 is 5.50. The average molecular weight is 213 g/mol. The van der Waals surface area contributed by atoms with Gasteiger partial charge in [-0.2, -0.15) is 0 Å². The molecule has 0 saturated heterocycles. The predicted molar refractivity (Wildman–Crippen MR) is 60.8 cm³/mol. The van der Waals surface area contributed by atoms with Crippen molar-refractivity contribution in [1.29, 1.82) is 0 Å². The molecular formula is C12H17ClO. The maximum Gasteiger partial charge on any atom is 0.0506 e. The molecule has 0 fully saturated rings. The molecule has 14 heavy (non-hydrogen) atoms. The van der Waals surface area contributed by atoms with Gasteiger partial charge in [0.1, 0.15) is 0 Å². The molecule has 0 amide bonds. The maximum atomic E-state index is 5.78. The molecule has 0 unspecified atom stereocenters. The molecule has 0 N–H and O–H groups in total. The third-order valence-electron chi connectivity index (χ3n) is 1.90. The van der Waals surface area contributed by atoms with Gasteiger partial charge in [0.15, 0.2) is 0 Å². The van der Waals surface area contributed by atoms with Crippen molar-refractivity contribution in [2.24, 2.45) is 5.92 Å². The highest BCUT2D eigenvalue weighted by molar-refractivity contribution is 6.30. The number of benzene rings is 1. The van der Waals surface area contributed by atoms with Crippen LogP contribution in [0.4, 0.5) is 0 Å². The highest BCUT2D eigenvalue weighted by Crippen LogP contribution is 2.09. The first-order chi connectivity index (χ1) is 6.68. The van der Waals surface area contributed by atoms with Gasteiger partial charge >= 0.3 is 0 Å². The van der Waals surface area contributed by atoms with E-state index in [4.69, 9.17) is 16.3 Å². The second-order valence-corrected chi connectivity index (χ2v) is 4.28. The molecule has 0 spiro atoms. The van der Waals surface area contributed by atoms with Gasteiger partial charge in [0.05, 0.1) is 6.61 Å². The minimum atomic E-state index is 0.611. The smallest absolute Gasteiger partial charge is 0.0506 e. The van der Waals surface area contributed by atoms with Gasteiger partial charge in [-0.05, 0) is 30.0 Å². The van der Waals surface area contributed by atoms with Gasteiger partial charge in [-0.3, -0.25) is 0 Å². The van der Waals surface area contributed by atoms with Crippen LogP contribution in [0.25, 0.3) is 0 Å². The van der Waals surface area contributed by atoms with E-state index in [1.165, 1.54) is 5.56 Å². The van der Waals surface area contributed by atoms with Crippen molar-refractivity contribution in [3.05, 3.63) is 34.9 Å². The maximum absolute atomic E-state index is 5.78. The number of rotatable bonds is 5. The van der Waals surface area contributed by atoms with Crippen LogP contribution in [0.15, 0.2) is 24.3 Å². The third-order valence-corrected chi connectivity index (χ3v) is 2.15. The fraction of sp³-hybridized carbons (Fsp3) is 0.500. The summed E-state index contributed by atoms with van der Waals surface area (Å²) in [5.41, 5.74) is 1.28. The third kappa shape index (κ3) is 4.64. The molecule has 0 bridgehead atoms. The summed E-state index contributed by atoms with van der Waals surface area (Å²) >= 11 is 5.78. The average Bonchev–Trinajstić information content (AvgIpc) is 2.15. The Kier molecular flexibility index (Phi) is 4.99. The fourth-order valence-electron chi connectivity index (χ4n) is 1.16. The fourth-order valence-corrected chi connectivity index (χ4v) is 1.29. The number of hydrogen-bond acceptors (Lipinski definition) is 1. The Labute approximate surface area is 91.0 Å². The van der Waals surface area contributed by atoms with Gasteiger partial charge in [-0.25, -0.2) is 0 Å². The summed E-state index contributed by atoms with van der Waals surface area (Å²) in [4.78, 5) is 0. The quantitative estimate of drug-likeness (QED) is 0.679. The Hall–Kier alpha value is -0.530. The minimum absolute atomic E-state index is 0.611. The van der Waals surface area contributed by atoms with Crippen LogP contribution >= 0.6 is 11.6 Å². The summed E-state index contributed by atoms with van der Waals surface area (Å²) in [6.07, 6.45) is 0.962. The van der Waals surface area contributed by atoms with Crippen molar-refractivity contribution in [1.82, 2.24) is 0 Å². The molecule has 1 rings (SSSR count). The molecule has 1 aromatic rings. The van der Waals surface area contributed by atoms with E-state index in [0.717, 1.165) is 24.7 Å². The summed E-state index contributed by atoms with van der Waals surface area (Å²) in [6, 6.07) is 7.92. The Morgan fingerprint density at radius 3 is 2.43 bits per heavy atom. The van der Waals surface area contributed by atoms with E-state index in [1.807, 2.05) is 24.3 Å². The SMILES string of the molecule is CC(C)COCCc1ccc(Cl)cc1. The summed E-state index contributed by atoms with van der Waals surface area (Å²) in [5.74, 6) is 0.611. The number of hydrogen-bond donors (Lipinski definition) is 0. The van der Waals surface area contributed by atoms with E-state index >= 15 is 0 Å². The number of halogens is 1. The molecule has 0 aliphatic rings. The lowest BCUT2D eigenvalue weighted by Gasteiger charge is -2.06. The topological polar surface area (TPSA) is 9.23 Å². The Morgan fingerprint density at radius 2 is 1.86 bits per heavy atom. The highest BCUT2D eigenvalue weighted by atomic mass is 35.5. The van der Waals surface area contributed by atoms with Gasteiger partial charge in [0, 0.05) is 11.6 Å². The van der Waals surface area contributed by atoms with E-state index in [-0.39, 0.29) is 0 Å². The van der Waals surface area contributed by atoms with E-state index in [9.17, 15) is 0 Å². The van der Waals surface area contributed by atoms with Crippen LogP contribution in [0.3, 0.4) is 0 Å². The molecule has 0 radical (unpaired) electrons. The number of ether oxygens (including phenoxy) is 1. The van der Waals surface area contributed by atoms with Crippen LogP contribution in [-0.4, -0.2) is 13.2 Å². The predicted octanol–water partition coefficient (Wildman–Crippen LogP) is 3.56. The molecule has 78 valence electrons. The molecule has 0 atom stereocenters. The zero-order valence-corrected chi connectivity index (χ0v) is 9.55. The van der Waals surface area contributed by atoms with Gasteiger partial charge in [0.2, 0.25) is 0 Å². The molecule has 1 aromatic carbocycles. The van der Waals surface area contributed by atoms with Crippen LogP contribution in [-0.2, 0) is 11.2 Å². The lowest BCUT2D eigenvalue weighted by atomic mass is 10.2. The molecule has 2 heteroatoms. The molecule has 0 saturated carbocycles. The molecule has 1 nitrogen and oxygen atoms in total. The lowest BCUT2D eigenvalue weighted by Crippen LogP contribution is -2.04. The first-order valence-corrected chi connectivity index (χ1v) is 5.38.